The third-order valence-corrected chi connectivity index (χ3v) is 3.49. The standard InChI is InChI=1S/C13H16OS/c1-11(12-5-3-2-4-6-12)9-14-8-7-13-10-15-13/h2-6,9,13H,7-8,10H2,1H3/b11-9-. The summed E-state index contributed by atoms with van der Waals surface area (Å²) in [6.07, 6.45) is 3.06. The molecule has 0 amide bonds. The first kappa shape index (κ1) is 10.6. The molecule has 1 atom stereocenters. The molecule has 1 aliphatic heterocycles. The van der Waals surface area contributed by atoms with E-state index in [9.17, 15) is 0 Å². The van der Waals surface area contributed by atoms with E-state index in [2.05, 4.69) is 19.1 Å². The van der Waals surface area contributed by atoms with Crippen LogP contribution in [0.4, 0.5) is 0 Å². The van der Waals surface area contributed by atoms with Gasteiger partial charge in [-0.25, -0.2) is 0 Å². The molecule has 1 nitrogen and oxygen atoms in total. The third kappa shape index (κ3) is 3.63. The van der Waals surface area contributed by atoms with E-state index in [1.54, 1.807) is 0 Å². The minimum atomic E-state index is 0.849. The molecule has 1 aliphatic rings. The maximum absolute atomic E-state index is 5.53. The van der Waals surface area contributed by atoms with E-state index in [0.29, 0.717) is 0 Å². The van der Waals surface area contributed by atoms with Crippen LogP contribution in [-0.2, 0) is 4.74 Å². The SMILES string of the molecule is C/C(=C/OCCC1CS1)c1ccccc1. The highest BCUT2D eigenvalue weighted by molar-refractivity contribution is 8.06. The first-order valence-corrected chi connectivity index (χ1v) is 6.36. The molecule has 0 N–H and O–H groups in total. The molecule has 1 fully saturated rings. The van der Waals surface area contributed by atoms with Crippen LogP contribution in [0.5, 0.6) is 0 Å². The highest BCUT2D eigenvalue weighted by Crippen LogP contribution is 2.32. The molecule has 1 unspecified atom stereocenters. The molecule has 0 aliphatic carbocycles. The van der Waals surface area contributed by atoms with Gasteiger partial charge in [-0.3, -0.25) is 0 Å². The summed E-state index contributed by atoms with van der Waals surface area (Å²) >= 11 is 2.02. The second-order valence-electron chi connectivity index (χ2n) is 3.78. The van der Waals surface area contributed by atoms with Crippen molar-refractivity contribution >= 4 is 17.3 Å². The van der Waals surface area contributed by atoms with E-state index in [4.69, 9.17) is 4.74 Å². The fraction of sp³-hybridized carbons (Fsp3) is 0.385. The Morgan fingerprint density at radius 1 is 1.47 bits per heavy atom. The van der Waals surface area contributed by atoms with E-state index in [0.717, 1.165) is 11.9 Å². The fourth-order valence-electron chi connectivity index (χ4n) is 1.39. The first-order valence-electron chi connectivity index (χ1n) is 5.31. The van der Waals surface area contributed by atoms with Crippen LogP contribution in [-0.4, -0.2) is 17.6 Å². The van der Waals surface area contributed by atoms with Crippen LogP contribution < -0.4 is 0 Å². The molecule has 0 radical (unpaired) electrons. The Labute approximate surface area is 95.5 Å². The zero-order chi connectivity index (χ0) is 10.5. The number of thioether (sulfide) groups is 1. The largest absolute Gasteiger partial charge is 0.501 e. The van der Waals surface area contributed by atoms with Crippen molar-refractivity contribution in [2.45, 2.75) is 18.6 Å². The number of hydrogen-bond donors (Lipinski definition) is 0. The first-order chi connectivity index (χ1) is 7.36. The molecule has 15 heavy (non-hydrogen) atoms. The molecule has 0 bridgehead atoms. The lowest BCUT2D eigenvalue weighted by atomic mass is 10.1. The van der Waals surface area contributed by atoms with Crippen LogP contribution in [0.1, 0.15) is 18.9 Å². The number of rotatable bonds is 5. The summed E-state index contributed by atoms with van der Waals surface area (Å²) in [6.45, 7) is 2.93. The van der Waals surface area contributed by atoms with Gasteiger partial charge in [-0.15, -0.1) is 0 Å². The second kappa shape index (κ2) is 5.26. The van der Waals surface area contributed by atoms with Crippen LogP contribution in [0.2, 0.25) is 0 Å². The molecule has 1 aromatic rings. The van der Waals surface area contributed by atoms with Crippen LogP contribution >= 0.6 is 11.8 Å². The molecule has 2 heteroatoms. The molecule has 1 heterocycles. The van der Waals surface area contributed by atoms with Gasteiger partial charge in [-0.05, 0) is 24.5 Å². The van der Waals surface area contributed by atoms with E-state index >= 15 is 0 Å². The quantitative estimate of drug-likeness (QED) is 0.426. The van der Waals surface area contributed by atoms with Crippen molar-refractivity contribution in [3.8, 4) is 0 Å². The molecule has 1 saturated heterocycles. The van der Waals surface area contributed by atoms with Gasteiger partial charge in [-0.1, -0.05) is 30.3 Å². The van der Waals surface area contributed by atoms with Crippen LogP contribution in [0.3, 0.4) is 0 Å². The summed E-state index contributed by atoms with van der Waals surface area (Å²) in [7, 11) is 0. The second-order valence-corrected chi connectivity index (χ2v) is 5.12. The Hall–Kier alpha value is -0.890. The molecule has 0 aromatic heterocycles. The lowest BCUT2D eigenvalue weighted by Crippen LogP contribution is -1.93. The van der Waals surface area contributed by atoms with Crippen molar-refractivity contribution in [3.05, 3.63) is 42.2 Å². The lowest BCUT2D eigenvalue weighted by Gasteiger charge is -2.03. The average molecular weight is 220 g/mol. The third-order valence-electron chi connectivity index (χ3n) is 2.45. The highest BCUT2D eigenvalue weighted by Gasteiger charge is 2.21. The number of benzene rings is 1. The normalized spacial score (nSPS) is 20.1. The maximum Gasteiger partial charge on any atom is 0.0884 e. The van der Waals surface area contributed by atoms with Gasteiger partial charge in [0.2, 0.25) is 0 Å². The highest BCUT2D eigenvalue weighted by atomic mass is 32.2. The van der Waals surface area contributed by atoms with Gasteiger partial charge in [0.1, 0.15) is 0 Å². The lowest BCUT2D eigenvalue weighted by molar-refractivity contribution is 0.248. The average Bonchev–Trinajstić information content (AvgIpc) is 3.09. The molecule has 80 valence electrons. The van der Waals surface area contributed by atoms with Gasteiger partial charge in [0.25, 0.3) is 0 Å². The van der Waals surface area contributed by atoms with Gasteiger partial charge in [0.05, 0.1) is 12.9 Å². The Kier molecular flexibility index (Phi) is 3.73. The van der Waals surface area contributed by atoms with E-state index in [1.807, 2.05) is 36.2 Å². The van der Waals surface area contributed by atoms with E-state index < -0.39 is 0 Å². The molecule has 2 rings (SSSR count). The Balaban J connectivity index is 1.78. The van der Waals surface area contributed by atoms with Crippen LogP contribution in [0.15, 0.2) is 36.6 Å². The smallest absolute Gasteiger partial charge is 0.0884 e. The van der Waals surface area contributed by atoms with Gasteiger partial charge < -0.3 is 4.74 Å². The fourth-order valence-corrected chi connectivity index (χ4v) is 1.95. The predicted octanol–water partition coefficient (Wildman–Crippen LogP) is 3.57. The number of hydrogen-bond acceptors (Lipinski definition) is 2. The zero-order valence-electron chi connectivity index (χ0n) is 8.98. The molecule has 0 saturated carbocycles. The summed E-state index contributed by atoms with van der Waals surface area (Å²) in [5.41, 5.74) is 2.43. The number of allylic oxidation sites excluding steroid dienone is 1. The monoisotopic (exact) mass is 220 g/mol. The van der Waals surface area contributed by atoms with Crippen molar-refractivity contribution in [3.63, 3.8) is 0 Å². The van der Waals surface area contributed by atoms with Gasteiger partial charge in [-0.2, -0.15) is 11.8 Å². The Bertz CT molecular complexity index is 328. The van der Waals surface area contributed by atoms with Gasteiger partial charge >= 0.3 is 0 Å². The molecular weight excluding hydrogens is 204 g/mol. The topological polar surface area (TPSA) is 9.23 Å². The van der Waals surface area contributed by atoms with Gasteiger partial charge in [0, 0.05) is 11.0 Å². The van der Waals surface area contributed by atoms with E-state index in [-0.39, 0.29) is 0 Å². The van der Waals surface area contributed by atoms with E-state index in [1.165, 1.54) is 23.3 Å². The summed E-state index contributed by atoms with van der Waals surface area (Å²) in [6, 6.07) is 10.3. The van der Waals surface area contributed by atoms with Gasteiger partial charge in [0.15, 0.2) is 0 Å². The maximum atomic E-state index is 5.53. The summed E-state index contributed by atoms with van der Waals surface area (Å²) in [4.78, 5) is 0. The summed E-state index contributed by atoms with van der Waals surface area (Å²) < 4.78 is 5.53. The molecule has 0 spiro atoms. The van der Waals surface area contributed by atoms with Crippen molar-refractivity contribution in [1.29, 1.82) is 0 Å². The van der Waals surface area contributed by atoms with Crippen molar-refractivity contribution < 1.29 is 4.74 Å². The van der Waals surface area contributed by atoms with Crippen molar-refractivity contribution in [2.75, 3.05) is 12.4 Å². The predicted molar refractivity (Wildman–Crippen MR) is 66.9 cm³/mol. The van der Waals surface area contributed by atoms with Crippen LogP contribution in [0.25, 0.3) is 5.57 Å². The van der Waals surface area contributed by atoms with Crippen LogP contribution in [0, 0.1) is 0 Å². The minimum Gasteiger partial charge on any atom is -0.501 e. The van der Waals surface area contributed by atoms with Crippen molar-refractivity contribution in [2.24, 2.45) is 0 Å². The minimum absolute atomic E-state index is 0.849. The summed E-state index contributed by atoms with van der Waals surface area (Å²) in [5.74, 6) is 1.32. The Morgan fingerprint density at radius 3 is 2.87 bits per heavy atom. The number of ether oxygens (including phenoxy) is 1. The Morgan fingerprint density at radius 2 is 2.20 bits per heavy atom. The summed E-state index contributed by atoms with van der Waals surface area (Å²) in [5, 5.41) is 0.871. The molecular formula is C13H16OS. The molecule has 1 aromatic carbocycles. The zero-order valence-corrected chi connectivity index (χ0v) is 9.80. The van der Waals surface area contributed by atoms with Crippen molar-refractivity contribution in [1.82, 2.24) is 0 Å².